The van der Waals surface area contributed by atoms with Crippen molar-refractivity contribution in [3.05, 3.63) is 83.7 Å². The van der Waals surface area contributed by atoms with Crippen LogP contribution in [0.2, 0.25) is 0 Å². The highest BCUT2D eigenvalue weighted by atomic mass is 19.1. The van der Waals surface area contributed by atoms with Crippen molar-refractivity contribution in [2.45, 2.75) is 129 Å². The van der Waals surface area contributed by atoms with Crippen LogP contribution >= 0.6 is 0 Å². The van der Waals surface area contributed by atoms with Crippen LogP contribution in [0.1, 0.15) is 128 Å². The average Bonchev–Trinajstić information content (AvgIpc) is 3.11. The number of rotatable bonds is 17. The third kappa shape index (κ3) is 11.6. The maximum atomic E-state index is 15.5. The molecule has 2 saturated carbocycles. The van der Waals surface area contributed by atoms with E-state index in [0.29, 0.717) is 29.9 Å². The molecule has 2 aliphatic rings. The van der Waals surface area contributed by atoms with Gasteiger partial charge in [-0.3, -0.25) is 0 Å². The van der Waals surface area contributed by atoms with Crippen LogP contribution in [0, 0.1) is 29.5 Å². The molecule has 6 heteroatoms. The first-order valence-corrected chi connectivity index (χ1v) is 19.2. The average molecular weight is 689 g/mol. The minimum absolute atomic E-state index is 0.00882. The van der Waals surface area contributed by atoms with Gasteiger partial charge in [-0.15, -0.1) is 0 Å². The quantitative estimate of drug-likeness (QED) is 0.102. The van der Waals surface area contributed by atoms with Crippen LogP contribution < -0.4 is 0 Å². The molecule has 1 N–H and O–H groups in total. The molecule has 0 radical (unpaired) electrons. The molecule has 0 aromatic heterocycles. The highest BCUT2D eigenvalue weighted by Crippen LogP contribution is 2.45. The molecule has 0 heterocycles. The van der Waals surface area contributed by atoms with Gasteiger partial charge >= 0.3 is 11.9 Å². The summed E-state index contributed by atoms with van der Waals surface area (Å²) in [4.78, 5) is 24.4. The maximum Gasteiger partial charge on any atom is 0.336 e. The van der Waals surface area contributed by atoms with Crippen LogP contribution in [0.4, 0.5) is 4.39 Å². The number of halogens is 1. The van der Waals surface area contributed by atoms with Crippen LogP contribution in [-0.2, 0) is 25.5 Å². The number of benzene rings is 2. The largest absolute Gasteiger partial charge is 0.462 e. The number of hydrogen-bond donors (Lipinski definition) is 1. The van der Waals surface area contributed by atoms with E-state index in [-0.39, 0.29) is 30.5 Å². The molecule has 2 aromatic carbocycles. The molecule has 0 saturated heterocycles. The smallest absolute Gasteiger partial charge is 0.336 e. The van der Waals surface area contributed by atoms with Crippen molar-refractivity contribution in [1.82, 2.24) is 0 Å². The van der Waals surface area contributed by atoms with Gasteiger partial charge in [0.15, 0.2) is 0 Å². The third-order valence-corrected chi connectivity index (χ3v) is 11.4. The Balaban J connectivity index is 1.28. The summed E-state index contributed by atoms with van der Waals surface area (Å²) >= 11 is 0. The lowest BCUT2D eigenvalue weighted by molar-refractivity contribution is -0.145. The van der Waals surface area contributed by atoms with Gasteiger partial charge < -0.3 is 14.6 Å². The fourth-order valence-electron chi connectivity index (χ4n) is 7.86. The van der Waals surface area contributed by atoms with Gasteiger partial charge in [0.05, 0.1) is 24.4 Å². The third-order valence-electron chi connectivity index (χ3n) is 11.4. The summed E-state index contributed by atoms with van der Waals surface area (Å²) in [7, 11) is 0. The van der Waals surface area contributed by atoms with E-state index >= 15 is 4.39 Å². The number of hydrogen-bond acceptors (Lipinski definition) is 5. The molecular weight excluding hydrogens is 627 g/mol. The van der Waals surface area contributed by atoms with E-state index in [1.807, 2.05) is 30.3 Å². The lowest BCUT2D eigenvalue weighted by Gasteiger charge is -2.38. The SMILES string of the molecule is C=C(C)C(=O)OCC(CCc1ccc(-c2ccc(C3CCC(C4CCC(CCCCC)CC4)CC3)cc2F)cc1)COC(=O)C(=C)C(C)(C)O. The van der Waals surface area contributed by atoms with Crippen molar-refractivity contribution in [2.24, 2.45) is 23.7 Å². The number of esters is 2. The van der Waals surface area contributed by atoms with Crippen molar-refractivity contribution in [2.75, 3.05) is 13.2 Å². The molecule has 2 fully saturated rings. The molecule has 50 heavy (non-hydrogen) atoms. The van der Waals surface area contributed by atoms with Gasteiger partial charge in [-0.1, -0.05) is 95.0 Å². The van der Waals surface area contributed by atoms with Crippen molar-refractivity contribution >= 4 is 11.9 Å². The Labute approximate surface area is 300 Å². The maximum absolute atomic E-state index is 15.5. The summed E-state index contributed by atoms with van der Waals surface area (Å²) in [6.07, 6.45) is 17.3. The Bertz CT molecular complexity index is 1420. The summed E-state index contributed by atoms with van der Waals surface area (Å²) in [5.74, 6) is 1.51. The molecule has 0 aliphatic heterocycles. The molecule has 274 valence electrons. The number of carbonyl (C=O) groups is 2. The number of carbonyl (C=O) groups excluding carboxylic acids is 2. The van der Waals surface area contributed by atoms with Crippen LogP contribution in [0.25, 0.3) is 11.1 Å². The Hall–Kier alpha value is -3.25. The fourth-order valence-corrected chi connectivity index (χ4v) is 7.86. The zero-order valence-electron chi connectivity index (χ0n) is 31.1. The van der Waals surface area contributed by atoms with Gasteiger partial charge in [-0.2, -0.15) is 0 Å². The molecule has 1 unspecified atom stereocenters. The zero-order valence-corrected chi connectivity index (χ0v) is 31.1. The first-order valence-electron chi connectivity index (χ1n) is 19.2. The molecule has 1 atom stereocenters. The number of aliphatic hydroxyl groups is 1. The van der Waals surface area contributed by atoms with Crippen LogP contribution in [0.15, 0.2) is 66.8 Å². The number of ether oxygens (including phenoxy) is 2. The summed E-state index contributed by atoms with van der Waals surface area (Å²) in [5, 5.41) is 10.1. The van der Waals surface area contributed by atoms with Gasteiger partial charge in [-0.25, -0.2) is 14.0 Å². The van der Waals surface area contributed by atoms with Gasteiger partial charge in [0.25, 0.3) is 0 Å². The molecule has 5 nitrogen and oxygen atoms in total. The Kier molecular flexibility index (Phi) is 14.9. The van der Waals surface area contributed by atoms with E-state index < -0.39 is 17.5 Å². The number of aryl methyl sites for hydroxylation is 1. The molecule has 4 rings (SSSR count). The first kappa shape index (κ1) is 39.5. The summed E-state index contributed by atoms with van der Waals surface area (Å²) < 4.78 is 26.3. The van der Waals surface area contributed by atoms with Crippen molar-refractivity contribution in [3.8, 4) is 11.1 Å². The molecule has 0 bridgehead atoms. The topological polar surface area (TPSA) is 72.8 Å². The molecule has 2 aliphatic carbocycles. The predicted octanol–water partition coefficient (Wildman–Crippen LogP) is 10.7. The second-order valence-corrected chi connectivity index (χ2v) is 15.7. The molecular formula is C44H61FO5. The van der Waals surface area contributed by atoms with Gasteiger partial charge in [0, 0.05) is 17.1 Å². The molecule has 0 spiro atoms. The second-order valence-electron chi connectivity index (χ2n) is 15.7. The van der Waals surface area contributed by atoms with E-state index in [1.165, 1.54) is 78.1 Å². The van der Waals surface area contributed by atoms with Crippen molar-refractivity contribution in [1.29, 1.82) is 0 Å². The monoisotopic (exact) mass is 688 g/mol. The van der Waals surface area contributed by atoms with Crippen LogP contribution in [0.3, 0.4) is 0 Å². The van der Waals surface area contributed by atoms with Gasteiger partial charge in [-0.05, 0) is 119 Å². The van der Waals surface area contributed by atoms with Gasteiger partial charge in [0.2, 0.25) is 0 Å². The van der Waals surface area contributed by atoms with Crippen molar-refractivity contribution in [3.63, 3.8) is 0 Å². The Morgan fingerprint density at radius 2 is 1.48 bits per heavy atom. The summed E-state index contributed by atoms with van der Waals surface area (Å²) in [6.45, 7) is 14.1. The predicted molar refractivity (Wildman–Crippen MR) is 200 cm³/mol. The lowest BCUT2D eigenvalue weighted by Crippen LogP contribution is -2.30. The van der Waals surface area contributed by atoms with E-state index in [1.54, 1.807) is 13.0 Å². The van der Waals surface area contributed by atoms with Crippen LogP contribution in [0.5, 0.6) is 0 Å². The van der Waals surface area contributed by atoms with E-state index in [2.05, 4.69) is 26.1 Å². The van der Waals surface area contributed by atoms with E-state index in [4.69, 9.17) is 9.47 Å². The highest BCUT2D eigenvalue weighted by molar-refractivity contribution is 5.89. The second kappa shape index (κ2) is 18.8. The summed E-state index contributed by atoms with van der Waals surface area (Å²) in [6, 6.07) is 13.7. The van der Waals surface area contributed by atoms with E-state index in [9.17, 15) is 14.7 Å². The molecule has 2 aromatic rings. The summed E-state index contributed by atoms with van der Waals surface area (Å²) in [5.41, 5.74) is 2.46. The molecule has 0 amide bonds. The van der Waals surface area contributed by atoms with E-state index in [0.717, 1.165) is 47.3 Å². The Morgan fingerprint density at radius 3 is 2.04 bits per heavy atom. The number of unbranched alkanes of at least 4 members (excludes halogenated alkanes) is 2. The standard InChI is InChI=1S/C44H61FO5/c1-7-8-9-10-32-13-17-35(18-14-32)36-21-23-37(24-22-36)39-25-26-40(41(45)27-39)38-19-15-33(16-20-38)11-12-34(28-49-42(46)30(2)3)29-50-43(47)31(4)44(5,6)48/h15-16,19-20,25-27,32,34-37,48H,2,4,7-14,17-18,21-24,28-29H2,1,3,5-6H3. The zero-order chi connectivity index (χ0) is 36.3. The minimum Gasteiger partial charge on any atom is -0.462 e. The fraction of sp³-hybridized carbons (Fsp3) is 0.591. The lowest BCUT2D eigenvalue weighted by atomic mass is 9.68. The van der Waals surface area contributed by atoms with Crippen LogP contribution in [-0.4, -0.2) is 35.9 Å². The highest BCUT2D eigenvalue weighted by Gasteiger charge is 2.31. The van der Waals surface area contributed by atoms with Gasteiger partial charge in [0.1, 0.15) is 5.82 Å². The minimum atomic E-state index is -1.40. The first-order chi connectivity index (χ1) is 23.8. The van der Waals surface area contributed by atoms with Crippen molar-refractivity contribution < 1.29 is 28.6 Å². The Morgan fingerprint density at radius 1 is 0.880 bits per heavy atom. The normalized spacial score (nSPS) is 21.6.